The average Bonchev–Trinajstić information content (AvgIpc) is 2.89. The van der Waals surface area contributed by atoms with Crippen LogP contribution in [0.1, 0.15) is 47.5 Å². The van der Waals surface area contributed by atoms with Crippen LogP contribution >= 0.6 is 15.9 Å². The van der Waals surface area contributed by atoms with E-state index in [0.717, 1.165) is 37.5 Å². The first-order valence-corrected chi connectivity index (χ1v) is 9.56. The molecular formula is C14H18BrN3O3S. The summed E-state index contributed by atoms with van der Waals surface area (Å²) >= 11 is 3.32. The highest BCUT2D eigenvalue weighted by atomic mass is 79.9. The Morgan fingerprint density at radius 3 is 2.36 bits per heavy atom. The molecule has 1 saturated carbocycles. The molecule has 1 aliphatic rings. The number of carbonyl (C=O) groups is 1. The van der Waals surface area contributed by atoms with Gasteiger partial charge in [-0.3, -0.25) is 4.79 Å². The van der Waals surface area contributed by atoms with E-state index in [4.69, 9.17) is 11.5 Å². The molecule has 22 heavy (non-hydrogen) atoms. The number of carbonyl (C=O) groups excluding carboxylic acids is 1. The zero-order valence-corrected chi connectivity index (χ0v) is 14.6. The number of hydrogen-bond acceptors (Lipinski definition) is 3. The number of nitrogens with zero attached hydrogens (tertiary/aromatic N) is 1. The first-order valence-electron chi connectivity index (χ1n) is 6.87. The van der Waals surface area contributed by atoms with Gasteiger partial charge in [-0.2, -0.15) is 4.99 Å². The van der Waals surface area contributed by atoms with E-state index in [-0.39, 0.29) is 22.3 Å². The SMILES string of the molecule is CS(=O)(=O)c1cc(C(=O)N=C(N)N)c(Br)cc1C1CCCC1. The molecule has 8 heteroatoms. The third-order valence-corrected chi connectivity index (χ3v) is 5.56. The molecule has 6 nitrogen and oxygen atoms in total. The zero-order chi connectivity index (χ0) is 16.5. The van der Waals surface area contributed by atoms with Crippen molar-refractivity contribution in [3.05, 3.63) is 27.7 Å². The Morgan fingerprint density at radius 2 is 1.86 bits per heavy atom. The molecule has 0 spiro atoms. The topological polar surface area (TPSA) is 116 Å². The van der Waals surface area contributed by atoms with Gasteiger partial charge in [-0.25, -0.2) is 8.42 Å². The van der Waals surface area contributed by atoms with Crippen molar-refractivity contribution < 1.29 is 13.2 Å². The quantitative estimate of drug-likeness (QED) is 0.606. The maximum atomic E-state index is 12.1. The Labute approximate surface area is 138 Å². The molecule has 1 aromatic rings. The monoisotopic (exact) mass is 387 g/mol. The summed E-state index contributed by atoms with van der Waals surface area (Å²) in [6.45, 7) is 0. The van der Waals surface area contributed by atoms with Gasteiger partial charge in [-0.1, -0.05) is 12.8 Å². The van der Waals surface area contributed by atoms with Gasteiger partial charge in [0.1, 0.15) is 0 Å². The summed E-state index contributed by atoms with van der Waals surface area (Å²) < 4.78 is 24.7. The highest BCUT2D eigenvalue weighted by molar-refractivity contribution is 9.10. The van der Waals surface area contributed by atoms with E-state index < -0.39 is 15.7 Å². The third kappa shape index (κ3) is 3.67. The molecule has 4 N–H and O–H groups in total. The Balaban J connectivity index is 2.61. The molecule has 1 aliphatic carbocycles. The van der Waals surface area contributed by atoms with Crippen LogP contribution in [0.2, 0.25) is 0 Å². The van der Waals surface area contributed by atoms with Crippen molar-refractivity contribution in [3.63, 3.8) is 0 Å². The molecule has 0 aromatic heterocycles. The summed E-state index contributed by atoms with van der Waals surface area (Å²) in [6.07, 6.45) is 5.22. The van der Waals surface area contributed by atoms with E-state index in [1.165, 1.54) is 6.07 Å². The summed E-state index contributed by atoms with van der Waals surface area (Å²) in [7, 11) is -3.46. The number of guanidine groups is 1. The summed E-state index contributed by atoms with van der Waals surface area (Å²) in [6, 6.07) is 3.07. The van der Waals surface area contributed by atoms with Crippen LogP contribution in [-0.4, -0.2) is 26.5 Å². The van der Waals surface area contributed by atoms with Gasteiger partial charge in [0.05, 0.1) is 10.5 Å². The molecule has 1 fully saturated rings. The lowest BCUT2D eigenvalue weighted by molar-refractivity contribution is 0.100. The fourth-order valence-corrected chi connectivity index (χ4v) is 4.30. The van der Waals surface area contributed by atoms with Crippen LogP contribution in [0.4, 0.5) is 0 Å². The van der Waals surface area contributed by atoms with Gasteiger partial charge < -0.3 is 11.5 Å². The van der Waals surface area contributed by atoms with Crippen molar-refractivity contribution in [2.24, 2.45) is 16.5 Å². The molecule has 0 saturated heterocycles. The maximum Gasteiger partial charge on any atom is 0.281 e. The van der Waals surface area contributed by atoms with Crippen LogP contribution in [0.15, 0.2) is 26.5 Å². The van der Waals surface area contributed by atoms with E-state index in [0.29, 0.717) is 4.47 Å². The van der Waals surface area contributed by atoms with Gasteiger partial charge in [0.2, 0.25) is 0 Å². The van der Waals surface area contributed by atoms with Crippen molar-refractivity contribution in [2.45, 2.75) is 36.5 Å². The van der Waals surface area contributed by atoms with Crippen LogP contribution in [0, 0.1) is 0 Å². The molecule has 0 heterocycles. The molecule has 0 aliphatic heterocycles. The number of sulfone groups is 1. The second kappa shape index (κ2) is 6.37. The largest absolute Gasteiger partial charge is 0.370 e. The molecule has 0 radical (unpaired) electrons. The van der Waals surface area contributed by atoms with Gasteiger partial charge in [-0.05, 0) is 52.4 Å². The Bertz CT molecular complexity index is 734. The number of rotatable bonds is 3. The first kappa shape index (κ1) is 17.0. The lowest BCUT2D eigenvalue weighted by Gasteiger charge is -2.16. The fraction of sp³-hybridized carbons (Fsp3) is 0.429. The van der Waals surface area contributed by atoms with Crippen molar-refractivity contribution in [3.8, 4) is 0 Å². The summed E-state index contributed by atoms with van der Waals surface area (Å²) in [5.41, 5.74) is 11.3. The van der Waals surface area contributed by atoms with E-state index in [1.807, 2.05) is 0 Å². The second-order valence-corrected chi connectivity index (χ2v) is 8.30. The van der Waals surface area contributed by atoms with Crippen molar-refractivity contribution >= 4 is 37.6 Å². The minimum absolute atomic E-state index is 0.135. The normalized spacial score (nSPS) is 15.7. The summed E-state index contributed by atoms with van der Waals surface area (Å²) in [4.78, 5) is 15.7. The van der Waals surface area contributed by atoms with E-state index in [9.17, 15) is 13.2 Å². The molecule has 2 rings (SSSR count). The van der Waals surface area contributed by atoms with Gasteiger partial charge in [0.15, 0.2) is 15.8 Å². The van der Waals surface area contributed by atoms with Crippen LogP contribution in [-0.2, 0) is 9.84 Å². The second-order valence-electron chi connectivity index (χ2n) is 5.47. The van der Waals surface area contributed by atoms with Crippen LogP contribution in [0.25, 0.3) is 0 Å². The van der Waals surface area contributed by atoms with Crippen LogP contribution in [0.3, 0.4) is 0 Å². The number of amides is 1. The van der Waals surface area contributed by atoms with E-state index in [2.05, 4.69) is 20.9 Å². The van der Waals surface area contributed by atoms with Gasteiger partial charge in [0, 0.05) is 10.7 Å². The molecule has 0 atom stereocenters. The highest BCUT2D eigenvalue weighted by Gasteiger charge is 2.26. The highest BCUT2D eigenvalue weighted by Crippen LogP contribution is 2.39. The number of aliphatic imine (C=N–C) groups is 1. The van der Waals surface area contributed by atoms with Gasteiger partial charge >= 0.3 is 0 Å². The average molecular weight is 388 g/mol. The molecule has 0 bridgehead atoms. The summed E-state index contributed by atoms with van der Waals surface area (Å²) in [5, 5.41) is 0. The predicted molar refractivity (Wildman–Crippen MR) is 88.6 cm³/mol. The number of benzene rings is 1. The molecule has 1 aromatic carbocycles. The van der Waals surface area contributed by atoms with Crippen molar-refractivity contribution in [2.75, 3.05) is 6.26 Å². The fourth-order valence-electron chi connectivity index (χ4n) is 2.79. The van der Waals surface area contributed by atoms with E-state index >= 15 is 0 Å². The first-order chi connectivity index (χ1) is 10.2. The predicted octanol–water partition coefficient (Wildman–Crippen LogP) is 1.92. The lowest BCUT2D eigenvalue weighted by atomic mass is 9.96. The van der Waals surface area contributed by atoms with E-state index in [1.54, 1.807) is 6.07 Å². The summed E-state index contributed by atoms with van der Waals surface area (Å²) in [5.74, 6) is -0.833. The van der Waals surface area contributed by atoms with Crippen LogP contribution < -0.4 is 11.5 Å². The Morgan fingerprint density at radius 1 is 1.27 bits per heavy atom. The number of nitrogens with two attached hydrogens (primary N) is 2. The lowest BCUT2D eigenvalue weighted by Crippen LogP contribution is -2.24. The number of hydrogen-bond donors (Lipinski definition) is 2. The standard InChI is InChI=1S/C14H18BrN3O3S/c1-22(20,21)12-7-10(13(19)18-14(16)17)11(15)6-9(12)8-4-2-3-5-8/h6-8H,2-5H2,1H3,(H4,16,17,18,19). The number of halogens is 1. The maximum absolute atomic E-state index is 12.1. The minimum atomic E-state index is -3.46. The molecule has 0 unspecified atom stereocenters. The smallest absolute Gasteiger partial charge is 0.281 e. The van der Waals surface area contributed by atoms with Gasteiger partial charge in [0.25, 0.3) is 5.91 Å². The Kier molecular flexibility index (Phi) is 4.91. The molecule has 120 valence electrons. The third-order valence-electron chi connectivity index (χ3n) is 3.75. The minimum Gasteiger partial charge on any atom is -0.370 e. The van der Waals surface area contributed by atoms with Crippen molar-refractivity contribution in [1.29, 1.82) is 0 Å². The zero-order valence-electron chi connectivity index (χ0n) is 12.2. The van der Waals surface area contributed by atoms with Crippen LogP contribution in [0.5, 0.6) is 0 Å². The molecule has 1 amide bonds. The van der Waals surface area contributed by atoms with Gasteiger partial charge in [-0.15, -0.1) is 0 Å². The Hall–Kier alpha value is -1.41. The van der Waals surface area contributed by atoms with Crippen molar-refractivity contribution in [1.82, 2.24) is 0 Å². The molecular weight excluding hydrogens is 370 g/mol.